The lowest BCUT2D eigenvalue weighted by molar-refractivity contribution is -0.143. The molecule has 108 valence electrons. The highest BCUT2D eigenvalue weighted by atomic mass is 79.9. The highest BCUT2D eigenvalue weighted by molar-refractivity contribution is 9.10. The maximum Gasteiger partial charge on any atom is 0.438 e. The molecule has 1 aliphatic heterocycles. The fraction of sp³-hybridized carbons (Fsp3) is 0.455. The number of hydrogen-bond donors (Lipinski definition) is 0. The van der Waals surface area contributed by atoms with E-state index in [0.29, 0.717) is 19.5 Å². The molecule has 1 atom stereocenters. The quantitative estimate of drug-likeness (QED) is 0.780. The van der Waals surface area contributed by atoms with E-state index in [4.69, 9.17) is 4.74 Å². The number of likely N-dealkylation sites (tertiary alicyclic amines) is 1. The minimum atomic E-state index is -4.65. The lowest BCUT2D eigenvalue weighted by Crippen LogP contribution is -2.23. The van der Waals surface area contributed by atoms with Crippen molar-refractivity contribution < 1.29 is 22.7 Å². The monoisotopic (exact) mass is 351 g/mol. The van der Waals surface area contributed by atoms with Gasteiger partial charge < -0.3 is 9.64 Å². The molecule has 0 aromatic carbocycles. The van der Waals surface area contributed by atoms with E-state index in [1.807, 2.05) is 0 Å². The van der Waals surface area contributed by atoms with Gasteiger partial charge in [0.1, 0.15) is 16.6 Å². The van der Waals surface area contributed by atoms with E-state index in [9.17, 15) is 18.0 Å². The SMILES string of the molecule is O=C=CN1CCC(Oc2ncc(Br)nc2C(F)(F)F)C1. The Bertz CT molecular complexity index is 546. The minimum absolute atomic E-state index is 0.0193. The van der Waals surface area contributed by atoms with Gasteiger partial charge >= 0.3 is 6.18 Å². The number of alkyl halides is 3. The fourth-order valence-corrected chi connectivity index (χ4v) is 2.11. The van der Waals surface area contributed by atoms with Crippen LogP contribution in [-0.4, -0.2) is 40.0 Å². The van der Waals surface area contributed by atoms with Crippen molar-refractivity contribution in [3.8, 4) is 5.88 Å². The van der Waals surface area contributed by atoms with E-state index in [1.165, 1.54) is 6.20 Å². The summed E-state index contributed by atoms with van der Waals surface area (Å²) in [4.78, 5) is 18.8. The number of ether oxygens (including phenoxy) is 1. The summed E-state index contributed by atoms with van der Waals surface area (Å²) >= 11 is 2.85. The Morgan fingerprint density at radius 3 is 2.95 bits per heavy atom. The van der Waals surface area contributed by atoms with Crippen LogP contribution >= 0.6 is 15.9 Å². The Labute approximate surface area is 120 Å². The van der Waals surface area contributed by atoms with Gasteiger partial charge in [-0.2, -0.15) is 13.2 Å². The molecule has 5 nitrogen and oxygen atoms in total. The molecule has 1 aromatic rings. The maximum atomic E-state index is 12.8. The Balaban J connectivity index is 2.16. The maximum absolute atomic E-state index is 12.8. The smallest absolute Gasteiger partial charge is 0.438 e. The summed E-state index contributed by atoms with van der Waals surface area (Å²) in [6.07, 6.45) is -2.28. The van der Waals surface area contributed by atoms with E-state index in [-0.39, 0.29) is 4.60 Å². The van der Waals surface area contributed by atoms with Crippen LogP contribution in [0.5, 0.6) is 5.88 Å². The molecule has 0 radical (unpaired) electrons. The van der Waals surface area contributed by atoms with Crippen LogP contribution in [0.25, 0.3) is 0 Å². The fourth-order valence-electron chi connectivity index (χ4n) is 1.83. The highest BCUT2D eigenvalue weighted by Gasteiger charge is 2.39. The summed E-state index contributed by atoms with van der Waals surface area (Å²) in [5.74, 6) is 1.07. The molecule has 2 heterocycles. The van der Waals surface area contributed by atoms with Crippen molar-refractivity contribution in [1.82, 2.24) is 14.9 Å². The van der Waals surface area contributed by atoms with Gasteiger partial charge in [0.25, 0.3) is 0 Å². The molecule has 0 saturated carbocycles. The second kappa shape index (κ2) is 5.80. The summed E-state index contributed by atoms with van der Waals surface area (Å²) in [7, 11) is 0. The van der Waals surface area contributed by atoms with Gasteiger partial charge in [-0.05, 0) is 15.9 Å². The van der Waals surface area contributed by atoms with Crippen molar-refractivity contribution in [3.05, 3.63) is 22.7 Å². The predicted octanol–water partition coefficient (Wildman–Crippen LogP) is 2.06. The van der Waals surface area contributed by atoms with Crippen LogP contribution in [-0.2, 0) is 11.0 Å². The van der Waals surface area contributed by atoms with Gasteiger partial charge in [-0.1, -0.05) is 0 Å². The average Bonchev–Trinajstić information content (AvgIpc) is 2.78. The Morgan fingerprint density at radius 1 is 1.55 bits per heavy atom. The van der Waals surface area contributed by atoms with Gasteiger partial charge in [0.05, 0.1) is 18.9 Å². The Hall–Kier alpha value is -1.60. The van der Waals surface area contributed by atoms with Crippen LogP contribution in [0.2, 0.25) is 0 Å². The number of aromatic nitrogens is 2. The lowest BCUT2D eigenvalue weighted by atomic mass is 10.3. The van der Waals surface area contributed by atoms with Crippen molar-refractivity contribution >= 4 is 21.9 Å². The van der Waals surface area contributed by atoms with Crippen LogP contribution in [0.1, 0.15) is 12.1 Å². The van der Waals surface area contributed by atoms with Crippen molar-refractivity contribution in [1.29, 1.82) is 0 Å². The number of hydrogen-bond acceptors (Lipinski definition) is 5. The third kappa shape index (κ3) is 3.49. The van der Waals surface area contributed by atoms with Crippen molar-refractivity contribution in [2.45, 2.75) is 18.7 Å². The van der Waals surface area contributed by atoms with Crippen LogP contribution in [0.15, 0.2) is 17.0 Å². The molecule has 2 rings (SSSR count). The van der Waals surface area contributed by atoms with Gasteiger partial charge in [0.15, 0.2) is 0 Å². The van der Waals surface area contributed by atoms with E-state index < -0.39 is 23.9 Å². The molecule has 0 amide bonds. The summed E-state index contributed by atoms with van der Waals surface area (Å²) in [6, 6.07) is 0. The normalized spacial score (nSPS) is 18.8. The van der Waals surface area contributed by atoms with Crippen molar-refractivity contribution in [2.24, 2.45) is 0 Å². The zero-order valence-electron chi connectivity index (χ0n) is 10.0. The number of carbonyl (C=O) groups excluding carboxylic acids is 1. The number of halogens is 4. The molecule has 0 aliphatic carbocycles. The molecule has 1 aliphatic rings. The molecular weight excluding hydrogens is 343 g/mol. The predicted molar refractivity (Wildman–Crippen MR) is 65.6 cm³/mol. The number of nitrogens with zero attached hydrogens (tertiary/aromatic N) is 3. The second-order valence-corrected chi connectivity index (χ2v) is 4.93. The molecule has 1 unspecified atom stereocenters. The molecule has 9 heteroatoms. The van der Waals surface area contributed by atoms with E-state index >= 15 is 0 Å². The third-order valence-corrected chi connectivity index (χ3v) is 3.05. The topological polar surface area (TPSA) is 55.3 Å². The third-order valence-electron chi connectivity index (χ3n) is 2.67. The van der Waals surface area contributed by atoms with Crippen LogP contribution < -0.4 is 4.74 Å². The second-order valence-electron chi connectivity index (χ2n) is 4.11. The molecule has 0 spiro atoms. The lowest BCUT2D eigenvalue weighted by Gasteiger charge is -2.16. The van der Waals surface area contributed by atoms with Gasteiger partial charge in [0.2, 0.25) is 11.6 Å². The molecule has 0 N–H and O–H groups in total. The van der Waals surface area contributed by atoms with E-state index in [2.05, 4.69) is 25.9 Å². The molecule has 1 saturated heterocycles. The van der Waals surface area contributed by atoms with Crippen molar-refractivity contribution in [2.75, 3.05) is 13.1 Å². The highest BCUT2D eigenvalue weighted by Crippen LogP contribution is 2.35. The molecule has 1 fully saturated rings. The molecular formula is C11H9BrF3N3O2. The van der Waals surface area contributed by atoms with Crippen LogP contribution in [0.3, 0.4) is 0 Å². The summed E-state index contributed by atoms with van der Waals surface area (Å²) in [6.45, 7) is 0.829. The summed E-state index contributed by atoms with van der Waals surface area (Å²) < 4.78 is 43.7. The standard InChI is InChI=1S/C11H9BrF3N3O2/c12-8-5-16-10(9(17-8)11(13,14)15)20-7-1-2-18(6-7)3-4-19/h3,5,7H,1-2,6H2. The molecule has 20 heavy (non-hydrogen) atoms. The Morgan fingerprint density at radius 2 is 2.30 bits per heavy atom. The van der Waals surface area contributed by atoms with Crippen LogP contribution in [0, 0.1) is 0 Å². The van der Waals surface area contributed by atoms with Gasteiger partial charge in [-0.3, -0.25) is 0 Å². The Kier molecular flexibility index (Phi) is 4.29. The number of rotatable bonds is 3. The first-order valence-corrected chi connectivity index (χ1v) is 6.41. The zero-order chi connectivity index (χ0) is 14.8. The summed E-state index contributed by atoms with van der Waals surface area (Å²) in [5, 5.41) is 0. The zero-order valence-corrected chi connectivity index (χ0v) is 11.6. The van der Waals surface area contributed by atoms with Crippen molar-refractivity contribution in [3.63, 3.8) is 0 Å². The van der Waals surface area contributed by atoms with E-state index in [0.717, 1.165) is 6.20 Å². The first-order chi connectivity index (χ1) is 9.40. The first kappa shape index (κ1) is 14.8. The van der Waals surface area contributed by atoms with Gasteiger partial charge in [0, 0.05) is 13.0 Å². The molecule has 0 bridgehead atoms. The van der Waals surface area contributed by atoms with E-state index in [1.54, 1.807) is 10.8 Å². The minimum Gasteiger partial charge on any atom is -0.471 e. The van der Waals surface area contributed by atoms with Crippen LogP contribution in [0.4, 0.5) is 13.2 Å². The first-order valence-electron chi connectivity index (χ1n) is 5.61. The molecule has 1 aromatic heterocycles. The van der Waals surface area contributed by atoms with Gasteiger partial charge in [-0.25, -0.2) is 14.8 Å². The van der Waals surface area contributed by atoms with Gasteiger partial charge in [-0.15, -0.1) is 0 Å². The summed E-state index contributed by atoms with van der Waals surface area (Å²) in [5.41, 5.74) is -1.17. The largest absolute Gasteiger partial charge is 0.471 e. The average molecular weight is 352 g/mol.